The van der Waals surface area contributed by atoms with Gasteiger partial charge in [-0.2, -0.15) is 0 Å². The van der Waals surface area contributed by atoms with E-state index in [0.717, 1.165) is 11.3 Å². The van der Waals surface area contributed by atoms with Crippen molar-refractivity contribution < 1.29 is 19.3 Å². The van der Waals surface area contributed by atoms with Gasteiger partial charge in [0.2, 0.25) is 0 Å². The van der Waals surface area contributed by atoms with Gasteiger partial charge in [0.1, 0.15) is 11.4 Å². The minimum atomic E-state index is -1.03. The second-order valence-electron chi connectivity index (χ2n) is 7.00. The predicted octanol–water partition coefficient (Wildman–Crippen LogP) is 2.69. The second kappa shape index (κ2) is 4.22. The molecule has 21 heavy (non-hydrogen) atoms. The van der Waals surface area contributed by atoms with E-state index in [4.69, 9.17) is 14.2 Å². The predicted molar refractivity (Wildman–Crippen MR) is 79.1 cm³/mol. The molecule has 1 aromatic carbocycles. The minimum Gasteiger partial charge on any atom is -0.497 e. The Kier molecular flexibility index (Phi) is 2.98. The van der Waals surface area contributed by atoms with Crippen molar-refractivity contribution in [2.75, 3.05) is 20.3 Å². The van der Waals surface area contributed by atoms with Crippen molar-refractivity contribution in [3.8, 4) is 5.75 Å². The monoisotopic (exact) mass is 292 g/mol. The summed E-state index contributed by atoms with van der Waals surface area (Å²) in [6.07, 6.45) is 0. The first-order chi connectivity index (χ1) is 9.74. The third-order valence-corrected chi connectivity index (χ3v) is 5.66. The standard InChI is InChI=1S/C17H24O4/c1-14(2)16(18,12-6-8-13(19-5)9-7-12)15(3,4)17(14)20-10-11-21-17/h6-9,18H,10-11H2,1-5H3. The highest BCUT2D eigenvalue weighted by molar-refractivity contribution is 5.40. The van der Waals surface area contributed by atoms with Crippen molar-refractivity contribution in [1.82, 2.24) is 0 Å². The fraction of sp³-hybridized carbons (Fsp3) is 0.647. The van der Waals surface area contributed by atoms with E-state index in [-0.39, 0.29) is 0 Å². The second-order valence-corrected chi connectivity index (χ2v) is 7.00. The van der Waals surface area contributed by atoms with E-state index in [0.29, 0.717) is 13.2 Å². The Hall–Kier alpha value is -1.10. The van der Waals surface area contributed by atoms with E-state index in [1.807, 2.05) is 52.0 Å². The van der Waals surface area contributed by atoms with Crippen LogP contribution in [0.15, 0.2) is 24.3 Å². The molecule has 1 N–H and O–H groups in total. The fourth-order valence-corrected chi connectivity index (χ4v) is 4.66. The lowest BCUT2D eigenvalue weighted by Gasteiger charge is -2.73. The number of benzene rings is 1. The van der Waals surface area contributed by atoms with Gasteiger partial charge >= 0.3 is 0 Å². The summed E-state index contributed by atoms with van der Waals surface area (Å²) in [5.74, 6) is 0.0367. The summed E-state index contributed by atoms with van der Waals surface area (Å²) in [6.45, 7) is 9.18. The molecule has 1 saturated carbocycles. The van der Waals surface area contributed by atoms with E-state index in [9.17, 15) is 5.11 Å². The fourth-order valence-electron chi connectivity index (χ4n) is 4.66. The van der Waals surface area contributed by atoms with E-state index >= 15 is 0 Å². The third-order valence-electron chi connectivity index (χ3n) is 5.66. The zero-order valence-corrected chi connectivity index (χ0v) is 13.4. The van der Waals surface area contributed by atoms with E-state index < -0.39 is 22.2 Å². The molecule has 1 heterocycles. The Balaban J connectivity index is 2.07. The molecule has 0 atom stereocenters. The van der Waals surface area contributed by atoms with Crippen LogP contribution in [0.25, 0.3) is 0 Å². The molecule has 1 spiro atoms. The Bertz CT molecular complexity index is 520. The molecule has 0 bridgehead atoms. The maximum absolute atomic E-state index is 11.5. The van der Waals surface area contributed by atoms with E-state index in [1.165, 1.54) is 0 Å². The number of aliphatic hydroxyl groups is 1. The van der Waals surface area contributed by atoms with Crippen LogP contribution in [0.3, 0.4) is 0 Å². The SMILES string of the molecule is COc1ccc(C2(O)C(C)(C)C3(OCCO3)C2(C)C)cc1. The van der Waals surface area contributed by atoms with Crippen LogP contribution in [-0.2, 0) is 15.1 Å². The van der Waals surface area contributed by atoms with Gasteiger partial charge < -0.3 is 19.3 Å². The highest BCUT2D eigenvalue weighted by atomic mass is 16.7. The zero-order chi connectivity index (χ0) is 15.5. The van der Waals surface area contributed by atoms with Gasteiger partial charge in [-0.05, 0) is 17.7 Å². The summed E-state index contributed by atoms with van der Waals surface area (Å²) < 4.78 is 17.1. The molecular formula is C17H24O4. The van der Waals surface area contributed by atoms with Crippen LogP contribution in [0, 0.1) is 10.8 Å². The maximum atomic E-state index is 11.5. The molecule has 1 saturated heterocycles. The van der Waals surface area contributed by atoms with Crippen molar-refractivity contribution in [2.24, 2.45) is 10.8 Å². The highest BCUT2D eigenvalue weighted by Gasteiger charge is 2.83. The van der Waals surface area contributed by atoms with Crippen molar-refractivity contribution in [3.63, 3.8) is 0 Å². The average Bonchev–Trinajstić information content (AvgIpc) is 2.98. The Morgan fingerprint density at radius 1 is 0.952 bits per heavy atom. The molecule has 1 aliphatic carbocycles. The largest absolute Gasteiger partial charge is 0.497 e. The summed E-state index contributed by atoms with van der Waals surface area (Å²) >= 11 is 0. The Morgan fingerprint density at radius 3 is 1.86 bits per heavy atom. The van der Waals surface area contributed by atoms with Gasteiger partial charge in [-0.15, -0.1) is 0 Å². The minimum absolute atomic E-state index is 0.547. The lowest BCUT2D eigenvalue weighted by molar-refractivity contribution is -0.457. The van der Waals surface area contributed by atoms with Crippen molar-refractivity contribution >= 4 is 0 Å². The van der Waals surface area contributed by atoms with Gasteiger partial charge in [-0.25, -0.2) is 0 Å². The maximum Gasteiger partial charge on any atom is 0.184 e. The van der Waals surface area contributed by atoms with Crippen LogP contribution in [0.2, 0.25) is 0 Å². The Labute approximate surface area is 126 Å². The quantitative estimate of drug-likeness (QED) is 0.910. The van der Waals surface area contributed by atoms with Gasteiger partial charge in [0, 0.05) is 0 Å². The number of hydrogen-bond donors (Lipinski definition) is 1. The molecule has 3 rings (SSSR count). The molecule has 1 aromatic rings. The third kappa shape index (κ3) is 1.41. The van der Waals surface area contributed by atoms with Crippen molar-refractivity contribution in [2.45, 2.75) is 39.1 Å². The lowest BCUT2D eigenvalue weighted by atomic mass is 9.38. The molecule has 4 heteroatoms. The van der Waals surface area contributed by atoms with Gasteiger partial charge in [-0.1, -0.05) is 39.8 Å². The van der Waals surface area contributed by atoms with Gasteiger partial charge in [0.15, 0.2) is 5.79 Å². The lowest BCUT2D eigenvalue weighted by Crippen LogP contribution is -2.82. The van der Waals surface area contributed by atoms with Crippen LogP contribution in [0.5, 0.6) is 5.75 Å². The van der Waals surface area contributed by atoms with Crippen LogP contribution < -0.4 is 4.74 Å². The van der Waals surface area contributed by atoms with Gasteiger partial charge in [-0.3, -0.25) is 0 Å². The molecule has 2 fully saturated rings. The highest BCUT2D eigenvalue weighted by Crippen LogP contribution is 2.75. The number of rotatable bonds is 2. The van der Waals surface area contributed by atoms with E-state index in [2.05, 4.69) is 0 Å². The van der Waals surface area contributed by atoms with Gasteiger partial charge in [0.05, 0.1) is 31.2 Å². The number of hydrogen-bond acceptors (Lipinski definition) is 4. The zero-order valence-electron chi connectivity index (χ0n) is 13.4. The molecule has 0 unspecified atom stereocenters. The molecule has 1 aliphatic heterocycles. The number of methoxy groups -OCH3 is 1. The summed E-state index contributed by atoms with van der Waals surface area (Å²) in [4.78, 5) is 0. The van der Waals surface area contributed by atoms with Crippen LogP contribution in [-0.4, -0.2) is 31.2 Å². The van der Waals surface area contributed by atoms with Crippen LogP contribution in [0.1, 0.15) is 33.3 Å². The van der Waals surface area contributed by atoms with E-state index in [1.54, 1.807) is 7.11 Å². The summed E-state index contributed by atoms with van der Waals surface area (Å²) in [5, 5.41) is 11.5. The molecule has 0 amide bonds. The van der Waals surface area contributed by atoms with Crippen LogP contribution >= 0.6 is 0 Å². The molecular weight excluding hydrogens is 268 g/mol. The first kappa shape index (κ1) is 14.8. The summed E-state index contributed by atoms with van der Waals surface area (Å²) in [7, 11) is 1.64. The average molecular weight is 292 g/mol. The molecule has 0 aromatic heterocycles. The topological polar surface area (TPSA) is 47.9 Å². The smallest absolute Gasteiger partial charge is 0.184 e. The van der Waals surface area contributed by atoms with Crippen molar-refractivity contribution in [1.29, 1.82) is 0 Å². The first-order valence-corrected chi connectivity index (χ1v) is 7.39. The summed E-state index contributed by atoms with van der Waals surface area (Å²) in [5.41, 5.74) is -1.26. The first-order valence-electron chi connectivity index (χ1n) is 7.39. The number of ether oxygens (including phenoxy) is 3. The van der Waals surface area contributed by atoms with Crippen molar-refractivity contribution in [3.05, 3.63) is 29.8 Å². The molecule has 0 radical (unpaired) electrons. The Morgan fingerprint density at radius 2 is 1.43 bits per heavy atom. The molecule has 116 valence electrons. The van der Waals surface area contributed by atoms with Gasteiger partial charge in [0.25, 0.3) is 0 Å². The van der Waals surface area contributed by atoms with Crippen LogP contribution in [0.4, 0.5) is 0 Å². The normalized spacial score (nSPS) is 27.3. The molecule has 2 aliphatic rings. The summed E-state index contributed by atoms with van der Waals surface area (Å²) in [6, 6.07) is 7.59. The molecule has 4 nitrogen and oxygen atoms in total.